The first-order chi connectivity index (χ1) is 16.9. The summed E-state index contributed by atoms with van der Waals surface area (Å²) in [6.45, 7) is 6.58. The fraction of sp³-hybridized carbons (Fsp3) is 0.222. The highest BCUT2D eigenvalue weighted by Gasteiger charge is 2.46. The molecule has 2 aromatic heterocycles. The molecule has 1 amide bonds. The number of hydrogen-bond acceptors (Lipinski definition) is 7. The molecular formula is C27H24N2O4S2. The summed E-state index contributed by atoms with van der Waals surface area (Å²) in [6.07, 6.45) is 0.853. The molecule has 3 heterocycles. The number of carbonyl (C=O) groups excluding carboxylic acids is 2. The van der Waals surface area contributed by atoms with E-state index >= 15 is 0 Å². The van der Waals surface area contributed by atoms with Crippen molar-refractivity contribution < 1.29 is 19.4 Å². The van der Waals surface area contributed by atoms with Crippen molar-refractivity contribution >= 4 is 49.7 Å². The van der Waals surface area contributed by atoms with Crippen molar-refractivity contribution in [2.45, 2.75) is 33.2 Å². The van der Waals surface area contributed by atoms with Gasteiger partial charge in [0.25, 0.3) is 5.91 Å². The van der Waals surface area contributed by atoms with Crippen LogP contribution < -0.4 is 9.64 Å². The van der Waals surface area contributed by atoms with Crippen molar-refractivity contribution in [3.63, 3.8) is 0 Å². The normalized spacial score (nSPS) is 15.9. The molecule has 0 aliphatic carbocycles. The van der Waals surface area contributed by atoms with Crippen molar-refractivity contribution in [1.82, 2.24) is 4.98 Å². The molecule has 4 aromatic rings. The van der Waals surface area contributed by atoms with Crippen molar-refractivity contribution in [3.8, 4) is 5.75 Å². The molecule has 5 rings (SSSR count). The van der Waals surface area contributed by atoms with Crippen LogP contribution in [0.2, 0.25) is 0 Å². The lowest BCUT2D eigenvalue weighted by molar-refractivity contribution is -0.117. The van der Waals surface area contributed by atoms with Gasteiger partial charge in [-0.15, -0.1) is 11.3 Å². The Bertz CT molecular complexity index is 1470. The van der Waals surface area contributed by atoms with Crippen LogP contribution in [0.1, 0.15) is 45.7 Å². The number of amides is 1. The summed E-state index contributed by atoms with van der Waals surface area (Å²) in [5.41, 5.74) is 3.64. The smallest absolute Gasteiger partial charge is 0.296 e. The third kappa shape index (κ3) is 4.13. The predicted molar refractivity (Wildman–Crippen MR) is 140 cm³/mol. The summed E-state index contributed by atoms with van der Waals surface area (Å²) >= 11 is 2.65. The van der Waals surface area contributed by atoms with E-state index in [-0.39, 0.29) is 11.4 Å². The third-order valence-electron chi connectivity index (χ3n) is 5.87. The lowest BCUT2D eigenvalue weighted by atomic mass is 9.95. The van der Waals surface area contributed by atoms with Gasteiger partial charge in [0, 0.05) is 0 Å². The number of thiophene rings is 1. The number of rotatable bonds is 7. The quantitative estimate of drug-likeness (QED) is 0.289. The Morgan fingerprint density at radius 3 is 2.74 bits per heavy atom. The molecule has 1 aliphatic heterocycles. The fourth-order valence-electron chi connectivity index (χ4n) is 4.35. The second-order valence-electron chi connectivity index (χ2n) is 8.49. The van der Waals surface area contributed by atoms with E-state index in [1.54, 1.807) is 17.5 Å². The van der Waals surface area contributed by atoms with Gasteiger partial charge in [0.15, 0.2) is 10.9 Å². The molecule has 0 saturated carbocycles. The first kappa shape index (κ1) is 23.3. The minimum Gasteiger partial charge on any atom is -0.503 e. The number of aliphatic hydroxyl groups excluding tert-OH is 1. The zero-order valence-corrected chi connectivity index (χ0v) is 21.2. The molecule has 1 unspecified atom stereocenters. The summed E-state index contributed by atoms with van der Waals surface area (Å²) in [6, 6.07) is 14.1. The minimum atomic E-state index is -0.829. The maximum Gasteiger partial charge on any atom is 0.296 e. The largest absolute Gasteiger partial charge is 0.503 e. The van der Waals surface area contributed by atoms with E-state index in [2.05, 4.69) is 0 Å². The van der Waals surface area contributed by atoms with Gasteiger partial charge in [-0.2, -0.15) is 0 Å². The first-order valence-electron chi connectivity index (χ1n) is 11.3. The van der Waals surface area contributed by atoms with E-state index in [9.17, 15) is 14.7 Å². The second kappa shape index (κ2) is 9.28. The number of ether oxygens (including phenoxy) is 1. The molecule has 6 nitrogen and oxygen atoms in total. The summed E-state index contributed by atoms with van der Waals surface area (Å²) in [7, 11) is 0. The molecule has 0 spiro atoms. The number of hydrogen-bond donors (Lipinski definition) is 1. The maximum absolute atomic E-state index is 13.5. The summed E-state index contributed by atoms with van der Waals surface area (Å²) in [5.74, 6) is -0.906. The van der Waals surface area contributed by atoms with Crippen molar-refractivity contribution in [2.24, 2.45) is 0 Å². The Labute approximate surface area is 211 Å². The lowest BCUT2D eigenvalue weighted by Crippen LogP contribution is -2.31. The highest BCUT2D eigenvalue weighted by molar-refractivity contribution is 7.22. The van der Waals surface area contributed by atoms with Crippen molar-refractivity contribution in [1.29, 1.82) is 0 Å². The molecule has 1 aliphatic rings. The zero-order chi connectivity index (χ0) is 24.7. The average molecular weight is 505 g/mol. The van der Waals surface area contributed by atoms with Gasteiger partial charge in [0.05, 0.1) is 33.3 Å². The molecule has 1 N–H and O–H groups in total. The molecule has 0 radical (unpaired) electrons. The van der Waals surface area contributed by atoms with E-state index in [4.69, 9.17) is 9.72 Å². The van der Waals surface area contributed by atoms with E-state index in [0.717, 1.165) is 27.8 Å². The molecule has 2 aromatic carbocycles. The monoisotopic (exact) mass is 504 g/mol. The van der Waals surface area contributed by atoms with Gasteiger partial charge >= 0.3 is 0 Å². The highest BCUT2D eigenvalue weighted by Crippen LogP contribution is 2.45. The van der Waals surface area contributed by atoms with Gasteiger partial charge < -0.3 is 9.84 Å². The summed E-state index contributed by atoms with van der Waals surface area (Å²) in [5, 5.41) is 13.2. The van der Waals surface area contributed by atoms with Crippen LogP contribution in [-0.2, 0) is 4.79 Å². The number of benzene rings is 2. The van der Waals surface area contributed by atoms with Crippen LogP contribution in [0.15, 0.2) is 65.2 Å². The number of thiazole rings is 1. The number of aromatic nitrogens is 1. The molecule has 178 valence electrons. The second-order valence-corrected chi connectivity index (χ2v) is 10.4. The van der Waals surface area contributed by atoms with Crippen LogP contribution in [0.3, 0.4) is 0 Å². The fourth-order valence-corrected chi connectivity index (χ4v) is 6.19. The molecule has 0 saturated heterocycles. The third-order valence-corrected chi connectivity index (χ3v) is 7.74. The first-order valence-corrected chi connectivity index (χ1v) is 13.0. The SMILES string of the molecule is CCCOc1cccc(C2C(C(=O)c3cccs3)=C(O)C(=O)N2c2nc3c(C)cc(C)cc3s2)c1. The van der Waals surface area contributed by atoms with E-state index in [0.29, 0.717) is 27.9 Å². The summed E-state index contributed by atoms with van der Waals surface area (Å²) in [4.78, 5) is 33.7. The van der Waals surface area contributed by atoms with Gasteiger partial charge in [-0.25, -0.2) is 4.98 Å². The molecule has 35 heavy (non-hydrogen) atoms. The van der Waals surface area contributed by atoms with Crippen LogP contribution in [-0.4, -0.2) is 28.4 Å². The van der Waals surface area contributed by atoms with Crippen molar-refractivity contribution in [3.05, 3.63) is 86.8 Å². The summed E-state index contributed by atoms with van der Waals surface area (Å²) < 4.78 is 6.76. The van der Waals surface area contributed by atoms with Crippen LogP contribution in [0, 0.1) is 13.8 Å². The van der Waals surface area contributed by atoms with Crippen LogP contribution in [0.25, 0.3) is 10.2 Å². The minimum absolute atomic E-state index is 0.0530. The number of anilines is 1. The van der Waals surface area contributed by atoms with E-state index in [1.807, 2.05) is 57.2 Å². The highest BCUT2D eigenvalue weighted by atomic mass is 32.1. The van der Waals surface area contributed by atoms with Gasteiger partial charge in [-0.05, 0) is 66.6 Å². The Morgan fingerprint density at radius 1 is 1.17 bits per heavy atom. The number of aryl methyl sites for hydroxylation is 2. The Kier molecular flexibility index (Phi) is 6.17. The molecular weight excluding hydrogens is 480 g/mol. The van der Waals surface area contributed by atoms with Gasteiger partial charge in [0.1, 0.15) is 5.75 Å². The molecule has 8 heteroatoms. The van der Waals surface area contributed by atoms with E-state index < -0.39 is 17.7 Å². The zero-order valence-electron chi connectivity index (χ0n) is 19.6. The Hall–Kier alpha value is -3.49. The van der Waals surface area contributed by atoms with Gasteiger partial charge in [-0.1, -0.05) is 42.5 Å². The van der Waals surface area contributed by atoms with E-state index in [1.165, 1.54) is 27.6 Å². The molecule has 0 fully saturated rings. The number of ketones is 1. The number of aliphatic hydroxyl groups is 1. The van der Waals surface area contributed by atoms with Crippen LogP contribution in [0.5, 0.6) is 5.75 Å². The molecule has 0 bridgehead atoms. The predicted octanol–water partition coefficient (Wildman–Crippen LogP) is 6.55. The Balaban J connectivity index is 1.67. The lowest BCUT2D eigenvalue weighted by Gasteiger charge is -2.24. The van der Waals surface area contributed by atoms with Crippen molar-refractivity contribution in [2.75, 3.05) is 11.5 Å². The maximum atomic E-state index is 13.5. The number of carbonyl (C=O) groups is 2. The Morgan fingerprint density at radius 2 is 2.00 bits per heavy atom. The molecule has 1 atom stereocenters. The standard InChI is InChI=1S/C27H24N2O4S2/c1-4-10-33-18-8-5-7-17(14-18)23-21(24(30)19-9-6-11-34-19)25(31)26(32)29(23)27-28-22-16(3)12-15(2)13-20(22)35-27/h5-9,11-14,23,31H,4,10H2,1-3H3. The number of nitrogens with zero attached hydrogens (tertiary/aromatic N) is 2. The van der Waals surface area contributed by atoms with Crippen LogP contribution in [0.4, 0.5) is 5.13 Å². The van der Waals surface area contributed by atoms with Crippen LogP contribution >= 0.6 is 22.7 Å². The van der Waals surface area contributed by atoms with Gasteiger partial charge in [-0.3, -0.25) is 14.5 Å². The average Bonchev–Trinajstić information content (AvgIpc) is 3.57. The van der Waals surface area contributed by atoms with Gasteiger partial charge in [0.2, 0.25) is 5.78 Å². The topological polar surface area (TPSA) is 79.7 Å². The number of Topliss-reactive ketones (excluding diaryl/α,β-unsaturated/α-hetero) is 1. The number of fused-ring (bicyclic) bond motifs is 1.